The number of pyridine rings is 1. The van der Waals surface area contributed by atoms with Crippen molar-refractivity contribution in [1.29, 1.82) is 0 Å². The van der Waals surface area contributed by atoms with E-state index in [4.69, 9.17) is 0 Å². The molecule has 0 aromatic carbocycles. The number of thiol groups is 1. The Hall–Kier alpha value is -0.540. The van der Waals surface area contributed by atoms with Crippen molar-refractivity contribution in [3.8, 4) is 0 Å². The highest BCUT2D eigenvalue weighted by Gasteiger charge is 1.91. The Kier molecular flexibility index (Phi) is 2.71. The molecule has 0 amide bonds. The van der Waals surface area contributed by atoms with Gasteiger partial charge in [-0.3, -0.25) is 9.29 Å². The van der Waals surface area contributed by atoms with Gasteiger partial charge in [0.25, 0.3) is 0 Å². The maximum Gasteiger partial charge on any atom is 0.0336 e. The lowest BCUT2D eigenvalue weighted by Gasteiger charge is -2.06. The summed E-state index contributed by atoms with van der Waals surface area (Å²) in [7, 11) is 1.92. The van der Waals surface area contributed by atoms with E-state index in [2.05, 4.69) is 17.8 Å². The monoisotopic (exact) mass is 154 g/mol. The third-order valence-corrected chi connectivity index (χ3v) is 1.30. The molecule has 0 spiro atoms. The van der Waals surface area contributed by atoms with Gasteiger partial charge in [-0.1, -0.05) is 12.8 Å². The van der Waals surface area contributed by atoms with Crippen LogP contribution in [0.15, 0.2) is 24.5 Å². The van der Waals surface area contributed by atoms with Gasteiger partial charge in [-0.15, -0.1) is 0 Å². The molecule has 1 aromatic rings. The van der Waals surface area contributed by atoms with E-state index < -0.39 is 0 Å². The van der Waals surface area contributed by atoms with E-state index in [0.717, 1.165) is 6.54 Å². The molecule has 1 aromatic heterocycles. The fourth-order valence-electron chi connectivity index (χ4n) is 0.752. The number of hydrogen-bond acceptors (Lipinski definition) is 3. The predicted octanol–water partition coefficient (Wildman–Crippen LogP) is 1.36. The van der Waals surface area contributed by atoms with Gasteiger partial charge >= 0.3 is 0 Å². The van der Waals surface area contributed by atoms with Crippen molar-refractivity contribution >= 4 is 12.8 Å². The van der Waals surface area contributed by atoms with Gasteiger partial charge < -0.3 is 0 Å². The lowest BCUT2D eigenvalue weighted by atomic mass is 10.3. The zero-order valence-corrected chi connectivity index (χ0v) is 6.75. The highest BCUT2D eigenvalue weighted by atomic mass is 32.1. The van der Waals surface area contributed by atoms with Crippen molar-refractivity contribution in [1.82, 2.24) is 9.29 Å². The third-order valence-electron chi connectivity index (χ3n) is 1.16. The molecule has 0 atom stereocenters. The van der Waals surface area contributed by atoms with Gasteiger partial charge in [0.2, 0.25) is 0 Å². The minimum Gasteiger partial charge on any atom is -0.265 e. The van der Waals surface area contributed by atoms with Crippen molar-refractivity contribution in [2.75, 3.05) is 7.05 Å². The van der Waals surface area contributed by atoms with Gasteiger partial charge in [-0.05, 0) is 24.7 Å². The van der Waals surface area contributed by atoms with Crippen molar-refractivity contribution in [2.24, 2.45) is 0 Å². The molecule has 0 aliphatic rings. The minimum absolute atomic E-state index is 0.853. The minimum atomic E-state index is 0.853. The van der Waals surface area contributed by atoms with Gasteiger partial charge in [0.05, 0.1) is 0 Å². The summed E-state index contributed by atoms with van der Waals surface area (Å²) in [4.78, 5) is 3.91. The van der Waals surface area contributed by atoms with E-state index in [0.29, 0.717) is 0 Å². The molecule has 0 fully saturated rings. The van der Waals surface area contributed by atoms with E-state index in [-0.39, 0.29) is 0 Å². The summed E-state index contributed by atoms with van der Waals surface area (Å²) in [6.45, 7) is 0.853. The smallest absolute Gasteiger partial charge is 0.0336 e. The van der Waals surface area contributed by atoms with E-state index in [9.17, 15) is 0 Å². The predicted molar refractivity (Wildman–Crippen MR) is 44.7 cm³/mol. The average molecular weight is 154 g/mol. The molecule has 0 unspecified atom stereocenters. The first kappa shape index (κ1) is 7.57. The molecule has 54 valence electrons. The lowest BCUT2D eigenvalue weighted by Crippen LogP contribution is -2.03. The Labute approximate surface area is 66.4 Å². The molecular formula is C7H10N2S. The van der Waals surface area contributed by atoms with Crippen LogP contribution in [0.3, 0.4) is 0 Å². The summed E-state index contributed by atoms with van der Waals surface area (Å²) < 4.78 is 1.83. The van der Waals surface area contributed by atoms with Crippen molar-refractivity contribution < 1.29 is 0 Å². The number of hydrogen-bond donors (Lipinski definition) is 1. The number of aromatic nitrogens is 1. The Balaban J connectivity index is 2.59. The average Bonchev–Trinajstić information content (AvgIpc) is 1.88. The van der Waals surface area contributed by atoms with Crippen LogP contribution in [0.5, 0.6) is 0 Å². The molecule has 1 rings (SSSR count). The SMILES string of the molecule is CN(S)Cc1ccncc1. The molecule has 1 heterocycles. The second-order valence-corrected chi connectivity index (χ2v) is 2.85. The Morgan fingerprint density at radius 2 is 2.10 bits per heavy atom. The van der Waals surface area contributed by atoms with Crippen molar-refractivity contribution in [3.05, 3.63) is 30.1 Å². The zero-order chi connectivity index (χ0) is 7.40. The Bertz CT molecular complexity index is 186. The summed E-state index contributed by atoms with van der Waals surface area (Å²) in [6.07, 6.45) is 3.57. The van der Waals surface area contributed by atoms with Gasteiger partial charge in [0, 0.05) is 18.9 Å². The van der Waals surface area contributed by atoms with Gasteiger partial charge in [-0.2, -0.15) is 0 Å². The van der Waals surface area contributed by atoms with Crippen LogP contribution in [-0.2, 0) is 6.54 Å². The summed E-state index contributed by atoms with van der Waals surface area (Å²) in [6, 6.07) is 3.96. The first-order chi connectivity index (χ1) is 4.79. The largest absolute Gasteiger partial charge is 0.265 e. The second kappa shape index (κ2) is 3.58. The van der Waals surface area contributed by atoms with Crippen molar-refractivity contribution in [2.45, 2.75) is 6.54 Å². The molecule has 0 saturated carbocycles. The van der Waals surface area contributed by atoms with E-state index in [1.165, 1.54) is 5.56 Å². The quantitative estimate of drug-likeness (QED) is 0.647. The third kappa shape index (κ3) is 2.37. The Morgan fingerprint density at radius 1 is 1.50 bits per heavy atom. The van der Waals surface area contributed by atoms with Crippen LogP contribution in [-0.4, -0.2) is 16.3 Å². The second-order valence-electron chi connectivity index (χ2n) is 2.17. The molecular weight excluding hydrogens is 144 g/mol. The molecule has 0 aliphatic heterocycles. The number of nitrogens with zero attached hydrogens (tertiary/aromatic N) is 2. The maximum absolute atomic E-state index is 4.12. The van der Waals surface area contributed by atoms with Crippen LogP contribution < -0.4 is 0 Å². The van der Waals surface area contributed by atoms with E-state index in [1.807, 2.05) is 23.5 Å². The first-order valence-corrected chi connectivity index (χ1v) is 3.48. The molecule has 0 aliphatic carbocycles. The van der Waals surface area contributed by atoms with E-state index in [1.54, 1.807) is 12.4 Å². The molecule has 0 radical (unpaired) electrons. The highest BCUT2D eigenvalue weighted by Crippen LogP contribution is 2.01. The van der Waals surface area contributed by atoms with Crippen LogP contribution >= 0.6 is 12.8 Å². The molecule has 0 N–H and O–H groups in total. The normalized spacial score (nSPS) is 10.3. The molecule has 0 bridgehead atoms. The highest BCUT2D eigenvalue weighted by molar-refractivity contribution is 7.77. The molecule has 2 nitrogen and oxygen atoms in total. The summed E-state index contributed by atoms with van der Waals surface area (Å²) in [5, 5.41) is 0. The van der Waals surface area contributed by atoms with Crippen LogP contribution in [0.25, 0.3) is 0 Å². The molecule has 3 heteroatoms. The number of rotatable bonds is 2. The summed E-state index contributed by atoms with van der Waals surface area (Å²) >= 11 is 4.12. The Morgan fingerprint density at radius 3 is 2.60 bits per heavy atom. The van der Waals surface area contributed by atoms with Crippen molar-refractivity contribution in [3.63, 3.8) is 0 Å². The van der Waals surface area contributed by atoms with Gasteiger partial charge in [0.1, 0.15) is 0 Å². The summed E-state index contributed by atoms with van der Waals surface area (Å²) in [5.74, 6) is 0. The van der Waals surface area contributed by atoms with E-state index >= 15 is 0 Å². The first-order valence-electron chi connectivity index (χ1n) is 3.08. The summed E-state index contributed by atoms with van der Waals surface area (Å²) in [5.41, 5.74) is 1.23. The van der Waals surface area contributed by atoms with Crippen LogP contribution in [0.2, 0.25) is 0 Å². The fraction of sp³-hybridized carbons (Fsp3) is 0.286. The van der Waals surface area contributed by atoms with Gasteiger partial charge in [-0.25, -0.2) is 0 Å². The van der Waals surface area contributed by atoms with Gasteiger partial charge in [0.15, 0.2) is 0 Å². The van der Waals surface area contributed by atoms with Crippen LogP contribution in [0, 0.1) is 0 Å². The molecule has 10 heavy (non-hydrogen) atoms. The van der Waals surface area contributed by atoms with Crippen LogP contribution in [0.4, 0.5) is 0 Å². The fourth-order valence-corrected chi connectivity index (χ4v) is 0.916. The zero-order valence-electron chi connectivity index (χ0n) is 5.86. The topological polar surface area (TPSA) is 16.1 Å². The maximum atomic E-state index is 4.12. The van der Waals surface area contributed by atoms with Crippen LogP contribution in [0.1, 0.15) is 5.56 Å². The standard InChI is InChI=1S/C7H10N2S/c1-9(10)6-7-2-4-8-5-3-7/h2-5,10H,6H2,1H3. The molecule has 0 saturated heterocycles. The lowest BCUT2D eigenvalue weighted by molar-refractivity contribution is 0.572.